The molecule has 0 aromatic carbocycles. The molecule has 3 nitrogen and oxygen atoms in total. The van der Waals surface area contributed by atoms with Gasteiger partial charge in [0.25, 0.3) is 0 Å². The van der Waals surface area contributed by atoms with Crippen molar-refractivity contribution in [1.82, 2.24) is 0 Å². The van der Waals surface area contributed by atoms with E-state index in [1.165, 1.54) is 13.2 Å². The van der Waals surface area contributed by atoms with Crippen molar-refractivity contribution in [2.24, 2.45) is 0 Å². The quantitative estimate of drug-likeness (QED) is 0.266. The van der Waals surface area contributed by atoms with Gasteiger partial charge in [0.2, 0.25) is 6.29 Å². The van der Waals surface area contributed by atoms with Gasteiger partial charge < -0.3 is 9.47 Å². The number of hydrogen-bond donors (Lipinski definition) is 0. The molecule has 0 fully saturated rings. The Hall–Kier alpha value is -1.09. The molecule has 0 bridgehead atoms. The third kappa shape index (κ3) is 3.57. The van der Waals surface area contributed by atoms with Crippen molar-refractivity contribution in [3.8, 4) is 0 Å². The lowest BCUT2D eigenvalue weighted by atomic mass is 10.4. The summed E-state index contributed by atoms with van der Waals surface area (Å²) in [7, 11) is 1.43. The van der Waals surface area contributed by atoms with Gasteiger partial charge in [0.15, 0.2) is 0 Å². The first-order valence-electron chi connectivity index (χ1n) is 3.13. The molecule has 1 atom stereocenters. The summed E-state index contributed by atoms with van der Waals surface area (Å²) < 4.78 is 9.45. The van der Waals surface area contributed by atoms with Crippen LogP contribution in [0.1, 0.15) is 6.92 Å². The maximum atomic E-state index is 10.8. The number of carbonyl (C=O) groups is 1. The van der Waals surface area contributed by atoms with Crippen molar-refractivity contribution in [2.75, 3.05) is 7.11 Å². The Labute approximate surface area is 66.3 Å². The van der Waals surface area contributed by atoms with E-state index in [1.807, 2.05) is 0 Å². The van der Waals surface area contributed by atoms with Crippen LogP contribution in [0.3, 0.4) is 0 Å². The Morgan fingerprint density at radius 2 is 2.18 bits per heavy atom. The predicted molar refractivity (Wildman–Crippen MR) is 41.9 cm³/mol. The highest BCUT2D eigenvalue weighted by molar-refractivity contribution is 5.87. The van der Waals surface area contributed by atoms with Crippen molar-refractivity contribution in [3.63, 3.8) is 0 Å². The number of rotatable bonds is 4. The molecule has 1 unspecified atom stereocenters. The topological polar surface area (TPSA) is 35.5 Å². The second kappa shape index (κ2) is 4.68. The van der Waals surface area contributed by atoms with E-state index in [1.54, 1.807) is 6.92 Å². The normalized spacial score (nSPS) is 11.8. The lowest BCUT2D eigenvalue weighted by Crippen LogP contribution is -2.17. The summed E-state index contributed by atoms with van der Waals surface area (Å²) in [6.07, 6.45) is 0.708. The number of carbonyl (C=O) groups excluding carboxylic acids is 1. The van der Waals surface area contributed by atoms with Crippen LogP contribution in [0.15, 0.2) is 24.8 Å². The molecular weight excluding hydrogens is 144 g/mol. The molecule has 0 aliphatic rings. The zero-order valence-corrected chi connectivity index (χ0v) is 6.79. The summed E-state index contributed by atoms with van der Waals surface area (Å²) >= 11 is 0. The van der Waals surface area contributed by atoms with Gasteiger partial charge in [-0.3, -0.25) is 0 Å². The van der Waals surface area contributed by atoms with Gasteiger partial charge in [0, 0.05) is 12.7 Å². The Balaban J connectivity index is 3.91. The summed E-state index contributed by atoms with van der Waals surface area (Å²) in [4.78, 5) is 10.8. The molecule has 0 aliphatic heterocycles. The van der Waals surface area contributed by atoms with Crippen LogP contribution < -0.4 is 0 Å². The Kier molecular flexibility index (Phi) is 4.22. The van der Waals surface area contributed by atoms with Crippen molar-refractivity contribution in [2.45, 2.75) is 13.2 Å². The van der Waals surface area contributed by atoms with Crippen molar-refractivity contribution >= 4 is 5.97 Å². The fraction of sp³-hybridized carbons (Fsp3) is 0.375. The van der Waals surface area contributed by atoms with Gasteiger partial charge in [-0.05, 0) is 13.0 Å². The summed E-state index contributed by atoms with van der Waals surface area (Å²) in [5, 5.41) is 0. The molecule has 0 heterocycles. The fourth-order valence-electron chi connectivity index (χ4n) is 0.399. The first-order valence-corrected chi connectivity index (χ1v) is 3.13. The largest absolute Gasteiger partial charge is 0.429 e. The molecule has 0 aromatic rings. The van der Waals surface area contributed by atoms with E-state index in [2.05, 4.69) is 13.2 Å². The van der Waals surface area contributed by atoms with Gasteiger partial charge in [-0.1, -0.05) is 13.2 Å². The Morgan fingerprint density at radius 1 is 1.64 bits per heavy atom. The minimum absolute atomic E-state index is 0.342. The molecular formula is C8H12O3. The van der Waals surface area contributed by atoms with E-state index in [4.69, 9.17) is 9.47 Å². The second-order valence-corrected chi connectivity index (χ2v) is 2.03. The predicted octanol–water partition coefficient (Wildman–Crippen LogP) is 1.26. The van der Waals surface area contributed by atoms with E-state index in [-0.39, 0.29) is 0 Å². The minimum atomic E-state index is -0.681. The lowest BCUT2D eigenvalue weighted by molar-refractivity contribution is -0.159. The Morgan fingerprint density at radius 3 is 2.45 bits per heavy atom. The number of esters is 1. The molecule has 0 N–H and O–H groups in total. The van der Waals surface area contributed by atoms with Crippen LogP contribution >= 0.6 is 0 Å². The summed E-state index contributed by atoms with van der Waals surface area (Å²) in [6, 6.07) is 0. The molecule has 62 valence electrons. The van der Waals surface area contributed by atoms with Crippen LogP contribution in [-0.2, 0) is 14.3 Å². The van der Waals surface area contributed by atoms with Crippen molar-refractivity contribution in [1.29, 1.82) is 0 Å². The molecule has 0 radical (unpaired) electrons. The number of methoxy groups -OCH3 is 1. The molecule has 0 saturated heterocycles. The maximum Gasteiger partial charge on any atom is 0.335 e. The van der Waals surface area contributed by atoms with Gasteiger partial charge >= 0.3 is 5.97 Å². The third-order valence-corrected chi connectivity index (χ3v) is 0.996. The van der Waals surface area contributed by atoms with Crippen LogP contribution in [0.25, 0.3) is 0 Å². The van der Waals surface area contributed by atoms with Crippen LogP contribution in [0, 0.1) is 0 Å². The number of ether oxygens (including phenoxy) is 2. The fourth-order valence-corrected chi connectivity index (χ4v) is 0.399. The molecule has 3 heteroatoms. The highest BCUT2D eigenvalue weighted by Crippen LogP contribution is 1.99. The molecule has 0 rings (SSSR count). The average molecular weight is 156 g/mol. The monoisotopic (exact) mass is 156 g/mol. The molecule has 0 aliphatic carbocycles. The summed E-state index contributed by atoms with van der Waals surface area (Å²) in [6.45, 7) is 8.39. The average Bonchev–Trinajstić information content (AvgIpc) is 1.99. The summed E-state index contributed by atoms with van der Waals surface area (Å²) in [5.74, 6) is -0.475. The smallest absolute Gasteiger partial charge is 0.335 e. The number of hydrogen-bond acceptors (Lipinski definition) is 3. The molecule has 0 saturated carbocycles. The zero-order chi connectivity index (χ0) is 8.85. The van der Waals surface area contributed by atoms with Gasteiger partial charge in [-0.15, -0.1) is 0 Å². The third-order valence-electron chi connectivity index (χ3n) is 0.996. The highest BCUT2D eigenvalue weighted by atomic mass is 16.7. The van der Waals surface area contributed by atoms with Crippen LogP contribution in [0.2, 0.25) is 0 Å². The van der Waals surface area contributed by atoms with E-state index >= 15 is 0 Å². The highest BCUT2D eigenvalue weighted by Gasteiger charge is 2.09. The first kappa shape index (κ1) is 9.91. The van der Waals surface area contributed by atoms with Crippen molar-refractivity contribution in [3.05, 3.63) is 24.8 Å². The Bertz CT molecular complexity index is 172. The van der Waals surface area contributed by atoms with Crippen LogP contribution in [0.4, 0.5) is 0 Å². The minimum Gasteiger partial charge on any atom is -0.429 e. The standard InChI is InChI=1S/C8H12O3/c1-5-7(10-4)11-8(9)6(2)3/h5,7H,1-2H2,3-4H3. The SMILES string of the molecule is C=CC(OC)OC(=O)C(=C)C. The molecule has 0 spiro atoms. The van der Waals surface area contributed by atoms with Crippen LogP contribution in [0.5, 0.6) is 0 Å². The van der Waals surface area contributed by atoms with Gasteiger partial charge in [-0.25, -0.2) is 4.79 Å². The molecule has 0 aromatic heterocycles. The van der Waals surface area contributed by atoms with E-state index < -0.39 is 12.3 Å². The summed E-state index contributed by atoms with van der Waals surface area (Å²) in [5.41, 5.74) is 0.342. The molecule has 0 amide bonds. The van der Waals surface area contributed by atoms with Gasteiger partial charge in [0.05, 0.1) is 0 Å². The van der Waals surface area contributed by atoms with Gasteiger partial charge in [-0.2, -0.15) is 0 Å². The first-order chi connectivity index (χ1) is 5.11. The molecule has 11 heavy (non-hydrogen) atoms. The van der Waals surface area contributed by atoms with Gasteiger partial charge in [0.1, 0.15) is 0 Å². The second-order valence-electron chi connectivity index (χ2n) is 2.03. The van der Waals surface area contributed by atoms with Crippen molar-refractivity contribution < 1.29 is 14.3 Å². The van der Waals surface area contributed by atoms with Crippen LogP contribution in [-0.4, -0.2) is 19.4 Å². The van der Waals surface area contributed by atoms with E-state index in [0.717, 1.165) is 0 Å². The van der Waals surface area contributed by atoms with E-state index in [9.17, 15) is 4.79 Å². The maximum absolute atomic E-state index is 10.8. The lowest BCUT2D eigenvalue weighted by Gasteiger charge is -2.10. The van der Waals surface area contributed by atoms with E-state index in [0.29, 0.717) is 5.57 Å². The zero-order valence-electron chi connectivity index (χ0n) is 6.79.